The van der Waals surface area contributed by atoms with Crippen molar-refractivity contribution >= 4 is 11.3 Å². The molecule has 1 heteroatoms. The molecule has 150 valence electrons. The number of nitrogen functional groups attached to an aromatic ring is 1. The molecule has 0 bridgehead atoms. The molecule has 2 aliphatic rings. The summed E-state index contributed by atoms with van der Waals surface area (Å²) in [5.41, 5.74) is 17.4. The number of rotatable bonds is 1. The lowest BCUT2D eigenvalue weighted by Crippen LogP contribution is -2.03. The first-order chi connectivity index (χ1) is 13.5. The molecule has 1 fully saturated rings. The first kappa shape index (κ1) is 20.7. The summed E-state index contributed by atoms with van der Waals surface area (Å²) in [6, 6.07) is 13.5. The summed E-state index contributed by atoms with van der Waals surface area (Å²) in [6.07, 6.45) is 10.1. The van der Waals surface area contributed by atoms with E-state index in [1.54, 1.807) is 5.57 Å². The molecule has 28 heavy (non-hydrogen) atoms. The molecule has 0 saturated heterocycles. The fourth-order valence-electron chi connectivity index (χ4n) is 4.21. The largest absolute Gasteiger partial charge is 0.399 e. The Morgan fingerprint density at radius 3 is 2.00 bits per heavy atom. The van der Waals surface area contributed by atoms with E-state index in [0.717, 1.165) is 24.4 Å². The molecule has 2 aromatic carbocycles. The maximum atomic E-state index is 6.15. The smallest absolute Gasteiger partial charge is 0.0320 e. The SMILES string of the molecule is CCC(C)C.Cc1ccc2c(c1)C(=C1CCCCC1)c1cc(N)ccc1CC2. The average molecular weight is 376 g/mol. The molecule has 2 aromatic rings. The zero-order valence-corrected chi connectivity index (χ0v) is 18.3. The maximum absolute atomic E-state index is 6.15. The minimum atomic E-state index is 0.883. The first-order valence-corrected chi connectivity index (χ1v) is 11.2. The van der Waals surface area contributed by atoms with Gasteiger partial charge in [0.1, 0.15) is 0 Å². The zero-order chi connectivity index (χ0) is 20.1. The molecule has 0 unspecified atom stereocenters. The van der Waals surface area contributed by atoms with Crippen LogP contribution in [0.3, 0.4) is 0 Å². The fourth-order valence-corrected chi connectivity index (χ4v) is 4.21. The summed E-state index contributed by atoms with van der Waals surface area (Å²) >= 11 is 0. The number of allylic oxidation sites excluding steroid dienone is 1. The molecule has 1 nitrogen and oxygen atoms in total. The van der Waals surface area contributed by atoms with Gasteiger partial charge in [-0.25, -0.2) is 0 Å². The molecule has 0 atom stereocenters. The second kappa shape index (κ2) is 9.45. The van der Waals surface area contributed by atoms with Gasteiger partial charge in [-0.1, -0.05) is 69.0 Å². The monoisotopic (exact) mass is 375 g/mol. The molecule has 0 spiro atoms. The molecule has 4 rings (SSSR count). The van der Waals surface area contributed by atoms with Crippen LogP contribution in [-0.2, 0) is 12.8 Å². The lowest BCUT2D eigenvalue weighted by Gasteiger charge is -2.22. The predicted molar refractivity (Wildman–Crippen MR) is 124 cm³/mol. The first-order valence-electron chi connectivity index (χ1n) is 11.2. The number of anilines is 1. The number of hydrogen-bond donors (Lipinski definition) is 1. The quantitative estimate of drug-likeness (QED) is 0.513. The van der Waals surface area contributed by atoms with Gasteiger partial charge in [-0.3, -0.25) is 0 Å². The van der Waals surface area contributed by atoms with E-state index in [1.165, 1.54) is 71.9 Å². The number of hydrogen-bond acceptors (Lipinski definition) is 1. The topological polar surface area (TPSA) is 26.0 Å². The predicted octanol–water partition coefficient (Wildman–Crippen LogP) is 7.49. The molecule has 2 N–H and O–H groups in total. The van der Waals surface area contributed by atoms with Crippen molar-refractivity contribution < 1.29 is 0 Å². The molecular formula is C27H37N. The average Bonchev–Trinajstić information content (AvgIpc) is 2.85. The van der Waals surface area contributed by atoms with Crippen LogP contribution >= 0.6 is 0 Å². The second-order valence-electron chi connectivity index (χ2n) is 8.92. The van der Waals surface area contributed by atoms with Gasteiger partial charge < -0.3 is 5.73 Å². The van der Waals surface area contributed by atoms with Crippen molar-refractivity contribution in [1.82, 2.24) is 0 Å². The molecular weight excluding hydrogens is 338 g/mol. The van der Waals surface area contributed by atoms with Crippen molar-refractivity contribution in [3.8, 4) is 0 Å². The van der Waals surface area contributed by atoms with Crippen LogP contribution < -0.4 is 5.73 Å². The van der Waals surface area contributed by atoms with Gasteiger partial charge in [0.05, 0.1) is 0 Å². The Hall–Kier alpha value is -2.02. The Bertz CT molecular complexity index is 778. The Balaban J connectivity index is 0.000000403. The van der Waals surface area contributed by atoms with E-state index in [9.17, 15) is 0 Å². The molecule has 0 aliphatic heterocycles. The standard InChI is InChI=1S/C22H25N.C5H12/c1-15-7-8-16-9-10-17-11-12-19(23)14-21(17)22(20(16)13-15)18-5-3-2-4-6-18;1-4-5(2)3/h7-8,11-14H,2-6,9-10,23H2,1H3;5H,4H2,1-3H3. The van der Waals surface area contributed by atoms with E-state index in [1.807, 2.05) is 0 Å². The number of fused-ring (bicyclic) bond motifs is 2. The van der Waals surface area contributed by atoms with Gasteiger partial charge in [-0.15, -0.1) is 0 Å². The van der Waals surface area contributed by atoms with Crippen molar-refractivity contribution in [3.05, 3.63) is 69.8 Å². The molecule has 1 saturated carbocycles. The van der Waals surface area contributed by atoms with Gasteiger partial charge in [-0.05, 0) is 91.3 Å². The lowest BCUT2D eigenvalue weighted by atomic mass is 9.83. The van der Waals surface area contributed by atoms with E-state index in [4.69, 9.17) is 5.73 Å². The normalized spacial score (nSPS) is 16.0. The highest BCUT2D eigenvalue weighted by Crippen LogP contribution is 2.41. The summed E-state index contributed by atoms with van der Waals surface area (Å²) in [5.74, 6) is 0.884. The third-order valence-corrected chi connectivity index (χ3v) is 6.23. The summed E-state index contributed by atoms with van der Waals surface area (Å²) in [7, 11) is 0. The molecule has 0 heterocycles. The maximum Gasteiger partial charge on any atom is 0.0320 e. The van der Waals surface area contributed by atoms with Gasteiger partial charge in [0.2, 0.25) is 0 Å². The van der Waals surface area contributed by atoms with Crippen LogP contribution in [0.15, 0.2) is 42.0 Å². The summed E-state index contributed by atoms with van der Waals surface area (Å²) in [4.78, 5) is 0. The Morgan fingerprint density at radius 1 is 0.821 bits per heavy atom. The van der Waals surface area contributed by atoms with E-state index >= 15 is 0 Å². The van der Waals surface area contributed by atoms with Gasteiger partial charge in [0.25, 0.3) is 0 Å². The van der Waals surface area contributed by atoms with Crippen LogP contribution in [0, 0.1) is 12.8 Å². The van der Waals surface area contributed by atoms with Crippen LogP contribution in [-0.4, -0.2) is 0 Å². The van der Waals surface area contributed by atoms with E-state index in [0.29, 0.717) is 0 Å². The zero-order valence-electron chi connectivity index (χ0n) is 18.3. The fraction of sp³-hybridized carbons (Fsp3) is 0.481. The molecule has 2 aliphatic carbocycles. The van der Waals surface area contributed by atoms with Crippen LogP contribution in [0.1, 0.15) is 87.1 Å². The minimum absolute atomic E-state index is 0.883. The van der Waals surface area contributed by atoms with Crippen LogP contribution in [0.4, 0.5) is 5.69 Å². The van der Waals surface area contributed by atoms with Crippen LogP contribution in [0.2, 0.25) is 0 Å². The van der Waals surface area contributed by atoms with Crippen LogP contribution in [0.5, 0.6) is 0 Å². The highest BCUT2D eigenvalue weighted by molar-refractivity contribution is 5.87. The van der Waals surface area contributed by atoms with Crippen molar-refractivity contribution in [2.24, 2.45) is 5.92 Å². The van der Waals surface area contributed by atoms with E-state index < -0.39 is 0 Å². The number of nitrogens with two attached hydrogens (primary N) is 1. The highest BCUT2D eigenvalue weighted by atomic mass is 14.5. The summed E-state index contributed by atoms with van der Waals surface area (Å²) in [6.45, 7) is 8.85. The minimum Gasteiger partial charge on any atom is -0.399 e. The molecule has 0 radical (unpaired) electrons. The summed E-state index contributed by atoms with van der Waals surface area (Å²) in [5, 5.41) is 0. The third kappa shape index (κ3) is 4.87. The van der Waals surface area contributed by atoms with Crippen molar-refractivity contribution in [3.63, 3.8) is 0 Å². The highest BCUT2D eigenvalue weighted by Gasteiger charge is 2.22. The number of aryl methyl sites for hydroxylation is 3. The Labute approximate surface area is 172 Å². The van der Waals surface area contributed by atoms with Crippen molar-refractivity contribution in [2.45, 2.75) is 79.1 Å². The molecule has 0 amide bonds. The Kier molecular flexibility index (Phi) is 6.99. The number of benzene rings is 2. The van der Waals surface area contributed by atoms with Gasteiger partial charge >= 0.3 is 0 Å². The van der Waals surface area contributed by atoms with Crippen molar-refractivity contribution in [2.75, 3.05) is 5.73 Å². The van der Waals surface area contributed by atoms with E-state index in [-0.39, 0.29) is 0 Å². The molecule has 0 aromatic heterocycles. The third-order valence-electron chi connectivity index (χ3n) is 6.23. The van der Waals surface area contributed by atoms with Gasteiger partial charge in [0.15, 0.2) is 0 Å². The Morgan fingerprint density at radius 2 is 1.39 bits per heavy atom. The lowest BCUT2D eigenvalue weighted by molar-refractivity contribution is 0.601. The van der Waals surface area contributed by atoms with Crippen molar-refractivity contribution in [1.29, 1.82) is 0 Å². The van der Waals surface area contributed by atoms with Crippen LogP contribution in [0.25, 0.3) is 5.57 Å². The summed E-state index contributed by atoms with van der Waals surface area (Å²) < 4.78 is 0. The van der Waals surface area contributed by atoms with Gasteiger partial charge in [-0.2, -0.15) is 0 Å². The second-order valence-corrected chi connectivity index (χ2v) is 8.92. The van der Waals surface area contributed by atoms with Gasteiger partial charge in [0, 0.05) is 5.69 Å². The van der Waals surface area contributed by atoms with E-state index in [2.05, 4.69) is 64.1 Å².